The topological polar surface area (TPSA) is 84.7 Å². The number of carbonyl (C=O) groups is 2. The molecule has 1 aliphatic carbocycles. The maximum atomic E-state index is 12.3. The molecule has 1 heterocycles. The number of amides is 2. The summed E-state index contributed by atoms with van der Waals surface area (Å²) in [5.41, 5.74) is 6.74. The Hall–Kier alpha value is -2.08. The lowest BCUT2D eigenvalue weighted by molar-refractivity contribution is -0.121. The molecule has 1 aliphatic heterocycles. The molecule has 1 saturated carbocycles. The first-order chi connectivity index (χ1) is 10.1. The molecule has 1 aromatic carbocycles. The van der Waals surface area contributed by atoms with Gasteiger partial charge in [0.25, 0.3) is 0 Å². The highest BCUT2D eigenvalue weighted by Gasteiger charge is 2.37. The SMILES string of the molecule is NC1(C(=O)Nc2cccc(N3CCOC3=O)c2)CCCC1. The van der Waals surface area contributed by atoms with E-state index in [4.69, 9.17) is 10.5 Å². The highest BCUT2D eigenvalue weighted by Crippen LogP contribution is 2.29. The molecular weight excluding hydrogens is 270 g/mol. The van der Waals surface area contributed by atoms with Crippen LogP contribution in [-0.2, 0) is 9.53 Å². The van der Waals surface area contributed by atoms with Crippen molar-refractivity contribution in [2.75, 3.05) is 23.4 Å². The minimum atomic E-state index is -0.761. The van der Waals surface area contributed by atoms with Gasteiger partial charge in [-0.15, -0.1) is 0 Å². The van der Waals surface area contributed by atoms with E-state index in [1.54, 1.807) is 23.1 Å². The summed E-state index contributed by atoms with van der Waals surface area (Å²) in [7, 11) is 0. The van der Waals surface area contributed by atoms with Crippen LogP contribution < -0.4 is 16.0 Å². The average molecular weight is 289 g/mol. The summed E-state index contributed by atoms with van der Waals surface area (Å²) in [6.07, 6.45) is 3.06. The fourth-order valence-corrected chi connectivity index (χ4v) is 2.87. The lowest BCUT2D eigenvalue weighted by Gasteiger charge is -2.22. The Kier molecular flexibility index (Phi) is 3.55. The molecule has 0 unspecified atom stereocenters. The lowest BCUT2D eigenvalue weighted by atomic mass is 9.98. The summed E-state index contributed by atoms with van der Waals surface area (Å²) in [4.78, 5) is 25.4. The summed E-state index contributed by atoms with van der Waals surface area (Å²) in [6.45, 7) is 0.915. The van der Waals surface area contributed by atoms with E-state index in [0.717, 1.165) is 25.7 Å². The first kappa shape index (κ1) is 13.9. The molecule has 112 valence electrons. The molecule has 6 heteroatoms. The molecule has 3 rings (SSSR count). The quantitative estimate of drug-likeness (QED) is 0.889. The Morgan fingerprint density at radius 2 is 2.10 bits per heavy atom. The number of benzene rings is 1. The van der Waals surface area contributed by atoms with Crippen LogP contribution in [0, 0.1) is 0 Å². The van der Waals surface area contributed by atoms with Gasteiger partial charge in [-0.2, -0.15) is 0 Å². The van der Waals surface area contributed by atoms with Crippen molar-refractivity contribution >= 4 is 23.4 Å². The van der Waals surface area contributed by atoms with E-state index in [-0.39, 0.29) is 12.0 Å². The van der Waals surface area contributed by atoms with Gasteiger partial charge in [-0.25, -0.2) is 4.79 Å². The van der Waals surface area contributed by atoms with E-state index >= 15 is 0 Å². The van der Waals surface area contributed by atoms with E-state index in [1.807, 2.05) is 6.07 Å². The van der Waals surface area contributed by atoms with Crippen LogP contribution in [0.1, 0.15) is 25.7 Å². The highest BCUT2D eigenvalue weighted by atomic mass is 16.6. The summed E-state index contributed by atoms with van der Waals surface area (Å²) in [6, 6.07) is 7.17. The first-order valence-corrected chi connectivity index (χ1v) is 7.23. The molecule has 2 aliphatic rings. The van der Waals surface area contributed by atoms with Gasteiger partial charge in [-0.1, -0.05) is 18.9 Å². The molecule has 2 fully saturated rings. The molecule has 0 atom stereocenters. The Morgan fingerprint density at radius 3 is 2.76 bits per heavy atom. The summed E-state index contributed by atoms with van der Waals surface area (Å²) < 4.78 is 4.92. The van der Waals surface area contributed by atoms with Crippen molar-refractivity contribution in [2.24, 2.45) is 5.73 Å². The van der Waals surface area contributed by atoms with Gasteiger partial charge >= 0.3 is 6.09 Å². The number of rotatable bonds is 3. The van der Waals surface area contributed by atoms with Crippen molar-refractivity contribution in [3.63, 3.8) is 0 Å². The van der Waals surface area contributed by atoms with Crippen LogP contribution in [0.25, 0.3) is 0 Å². The van der Waals surface area contributed by atoms with Gasteiger partial charge in [0.1, 0.15) is 6.61 Å². The molecule has 21 heavy (non-hydrogen) atoms. The number of ether oxygens (including phenoxy) is 1. The van der Waals surface area contributed by atoms with Gasteiger partial charge < -0.3 is 15.8 Å². The minimum absolute atomic E-state index is 0.152. The number of nitrogens with two attached hydrogens (primary N) is 1. The predicted octanol–water partition coefficient (Wildman–Crippen LogP) is 1.85. The van der Waals surface area contributed by atoms with Crippen molar-refractivity contribution in [3.8, 4) is 0 Å². The fraction of sp³-hybridized carbons (Fsp3) is 0.467. The Balaban J connectivity index is 1.74. The first-order valence-electron chi connectivity index (χ1n) is 7.23. The van der Waals surface area contributed by atoms with E-state index < -0.39 is 5.54 Å². The van der Waals surface area contributed by atoms with E-state index in [0.29, 0.717) is 24.5 Å². The molecule has 0 spiro atoms. The van der Waals surface area contributed by atoms with Crippen LogP contribution in [0.4, 0.5) is 16.2 Å². The Morgan fingerprint density at radius 1 is 1.33 bits per heavy atom. The zero-order valence-corrected chi connectivity index (χ0v) is 11.8. The van der Waals surface area contributed by atoms with E-state index in [9.17, 15) is 9.59 Å². The van der Waals surface area contributed by atoms with Crippen LogP contribution >= 0.6 is 0 Å². The van der Waals surface area contributed by atoms with Gasteiger partial charge in [0, 0.05) is 11.4 Å². The standard InChI is InChI=1S/C15H19N3O3/c16-15(6-1-2-7-15)13(19)17-11-4-3-5-12(10-11)18-8-9-21-14(18)20/h3-5,10H,1-2,6-9,16H2,(H,17,19). The normalized spacial score (nSPS) is 20.4. The zero-order chi connectivity index (χ0) is 14.9. The average Bonchev–Trinajstić information content (AvgIpc) is 3.09. The van der Waals surface area contributed by atoms with Gasteiger partial charge in [-0.05, 0) is 31.0 Å². The summed E-state index contributed by atoms with van der Waals surface area (Å²) in [5.74, 6) is -0.152. The molecule has 0 bridgehead atoms. The van der Waals surface area contributed by atoms with Crippen molar-refractivity contribution in [3.05, 3.63) is 24.3 Å². The largest absolute Gasteiger partial charge is 0.447 e. The molecule has 1 aromatic rings. The number of nitrogens with one attached hydrogen (secondary N) is 1. The van der Waals surface area contributed by atoms with Crippen LogP contribution in [0.5, 0.6) is 0 Å². The minimum Gasteiger partial charge on any atom is -0.447 e. The predicted molar refractivity (Wildman–Crippen MR) is 79.2 cm³/mol. The number of nitrogens with zero attached hydrogens (tertiary/aromatic N) is 1. The lowest BCUT2D eigenvalue weighted by Crippen LogP contribution is -2.48. The molecule has 6 nitrogen and oxygen atoms in total. The van der Waals surface area contributed by atoms with Gasteiger partial charge in [0.15, 0.2) is 0 Å². The van der Waals surface area contributed by atoms with Crippen LogP contribution in [0.15, 0.2) is 24.3 Å². The fourth-order valence-electron chi connectivity index (χ4n) is 2.87. The van der Waals surface area contributed by atoms with Gasteiger partial charge in [0.2, 0.25) is 5.91 Å². The number of anilines is 2. The third-order valence-electron chi connectivity index (χ3n) is 4.12. The number of hydrogen-bond donors (Lipinski definition) is 2. The second-order valence-corrected chi connectivity index (χ2v) is 5.63. The van der Waals surface area contributed by atoms with E-state index in [2.05, 4.69) is 5.32 Å². The van der Waals surface area contributed by atoms with Gasteiger partial charge in [0.05, 0.1) is 12.1 Å². The third kappa shape index (κ3) is 2.71. The molecular formula is C15H19N3O3. The molecule has 3 N–H and O–H groups in total. The summed E-state index contributed by atoms with van der Waals surface area (Å²) >= 11 is 0. The van der Waals surface area contributed by atoms with Crippen molar-refractivity contribution in [1.29, 1.82) is 0 Å². The van der Waals surface area contributed by atoms with Crippen LogP contribution in [0.2, 0.25) is 0 Å². The number of carbonyl (C=O) groups excluding carboxylic acids is 2. The summed E-state index contributed by atoms with van der Waals surface area (Å²) in [5, 5.41) is 2.86. The second-order valence-electron chi connectivity index (χ2n) is 5.63. The molecule has 0 radical (unpaired) electrons. The van der Waals surface area contributed by atoms with Crippen LogP contribution in [-0.4, -0.2) is 30.7 Å². The number of hydrogen-bond acceptors (Lipinski definition) is 4. The Bertz CT molecular complexity index is 567. The van der Waals surface area contributed by atoms with E-state index in [1.165, 1.54) is 0 Å². The van der Waals surface area contributed by atoms with Gasteiger partial charge in [-0.3, -0.25) is 9.69 Å². The Labute approximate surface area is 123 Å². The van der Waals surface area contributed by atoms with Crippen LogP contribution in [0.3, 0.4) is 0 Å². The molecule has 2 amide bonds. The third-order valence-corrected chi connectivity index (χ3v) is 4.12. The molecule has 0 aromatic heterocycles. The zero-order valence-electron chi connectivity index (χ0n) is 11.8. The van der Waals surface area contributed by atoms with Crippen molar-refractivity contribution in [2.45, 2.75) is 31.2 Å². The maximum absolute atomic E-state index is 12.3. The smallest absolute Gasteiger partial charge is 0.414 e. The number of cyclic esters (lactones) is 1. The monoisotopic (exact) mass is 289 g/mol. The molecule has 1 saturated heterocycles. The maximum Gasteiger partial charge on any atom is 0.414 e. The van der Waals surface area contributed by atoms with Crippen molar-refractivity contribution in [1.82, 2.24) is 0 Å². The second kappa shape index (κ2) is 5.37. The highest BCUT2D eigenvalue weighted by molar-refractivity contribution is 5.99. The van der Waals surface area contributed by atoms with Crippen molar-refractivity contribution < 1.29 is 14.3 Å².